The maximum atomic E-state index is 12.6. The molecule has 108 valence electrons. The van der Waals surface area contributed by atoms with Crippen LogP contribution in [0.4, 0.5) is 13.2 Å². The highest BCUT2D eigenvalue weighted by molar-refractivity contribution is 5.26. The van der Waals surface area contributed by atoms with Gasteiger partial charge in [-0.25, -0.2) is 0 Å². The summed E-state index contributed by atoms with van der Waals surface area (Å²) in [6, 6.07) is 5.38. The molecular weight excluding hydrogens is 251 g/mol. The molecule has 0 aliphatic heterocycles. The van der Waals surface area contributed by atoms with E-state index < -0.39 is 11.7 Å². The Morgan fingerprint density at radius 2 is 1.79 bits per heavy atom. The normalized spacial score (nSPS) is 13.8. The van der Waals surface area contributed by atoms with Crippen LogP contribution in [0.2, 0.25) is 0 Å². The summed E-state index contributed by atoms with van der Waals surface area (Å²) >= 11 is 0. The number of benzene rings is 1. The van der Waals surface area contributed by atoms with Crippen LogP contribution >= 0.6 is 0 Å². The van der Waals surface area contributed by atoms with Crippen molar-refractivity contribution in [2.24, 2.45) is 11.7 Å². The fourth-order valence-electron chi connectivity index (χ4n) is 2.31. The molecule has 1 rings (SSSR count). The minimum Gasteiger partial charge on any atom is -0.327 e. The zero-order chi connectivity index (χ0) is 14.5. The molecule has 0 amide bonds. The highest BCUT2D eigenvalue weighted by atomic mass is 19.4. The molecule has 0 aromatic heterocycles. The summed E-state index contributed by atoms with van der Waals surface area (Å²) in [5.41, 5.74) is 6.10. The van der Waals surface area contributed by atoms with Gasteiger partial charge in [-0.15, -0.1) is 0 Å². The average molecular weight is 273 g/mol. The van der Waals surface area contributed by atoms with Crippen LogP contribution in [0.1, 0.15) is 44.2 Å². The summed E-state index contributed by atoms with van der Waals surface area (Å²) < 4.78 is 37.8. The van der Waals surface area contributed by atoms with E-state index in [1.807, 2.05) is 0 Å². The molecule has 2 N–H and O–H groups in total. The molecule has 0 saturated heterocycles. The summed E-state index contributed by atoms with van der Waals surface area (Å²) in [6.07, 6.45) is -0.793. The van der Waals surface area contributed by atoms with Crippen molar-refractivity contribution in [1.29, 1.82) is 0 Å². The number of hydrogen-bond donors (Lipinski definition) is 1. The minimum atomic E-state index is -4.28. The Kier molecular flexibility index (Phi) is 5.85. The first-order valence-corrected chi connectivity index (χ1v) is 6.78. The van der Waals surface area contributed by atoms with Crippen molar-refractivity contribution >= 4 is 0 Å². The van der Waals surface area contributed by atoms with E-state index in [2.05, 4.69) is 13.8 Å². The summed E-state index contributed by atoms with van der Waals surface area (Å²) in [4.78, 5) is 0. The van der Waals surface area contributed by atoms with Crippen molar-refractivity contribution in [3.8, 4) is 0 Å². The number of hydrogen-bond acceptors (Lipinski definition) is 1. The van der Waals surface area contributed by atoms with E-state index in [9.17, 15) is 13.2 Å². The van der Waals surface area contributed by atoms with Gasteiger partial charge < -0.3 is 5.73 Å². The standard InChI is InChI=1S/C15H22F3N/c1-3-11(4-2)9-14(19)10-12-6-5-7-13(8-12)15(16,17)18/h5-8,11,14H,3-4,9-10,19H2,1-2H3. The zero-order valence-electron chi connectivity index (χ0n) is 11.5. The zero-order valence-corrected chi connectivity index (χ0v) is 11.5. The molecule has 1 nitrogen and oxygen atoms in total. The van der Waals surface area contributed by atoms with E-state index in [-0.39, 0.29) is 6.04 Å². The monoisotopic (exact) mass is 273 g/mol. The van der Waals surface area contributed by atoms with Crippen molar-refractivity contribution in [2.75, 3.05) is 0 Å². The van der Waals surface area contributed by atoms with Gasteiger partial charge in [-0.1, -0.05) is 44.9 Å². The van der Waals surface area contributed by atoms with Gasteiger partial charge in [-0.2, -0.15) is 13.2 Å². The van der Waals surface area contributed by atoms with Gasteiger partial charge in [0.25, 0.3) is 0 Å². The SMILES string of the molecule is CCC(CC)CC(N)Cc1cccc(C(F)(F)F)c1. The number of rotatable bonds is 6. The third-order valence-electron chi connectivity index (χ3n) is 3.54. The second-order valence-corrected chi connectivity index (χ2v) is 5.08. The third-order valence-corrected chi connectivity index (χ3v) is 3.54. The summed E-state index contributed by atoms with van der Waals surface area (Å²) in [5.74, 6) is 0.556. The first-order chi connectivity index (χ1) is 8.86. The van der Waals surface area contributed by atoms with Crippen LogP contribution in [-0.2, 0) is 12.6 Å². The molecule has 0 aliphatic carbocycles. The molecular formula is C15H22F3N. The van der Waals surface area contributed by atoms with Crippen molar-refractivity contribution in [2.45, 2.75) is 51.7 Å². The van der Waals surface area contributed by atoms with Crippen LogP contribution in [-0.4, -0.2) is 6.04 Å². The van der Waals surface area contributed by atoms with Crippen LogP contribution in [0.25, 0.3) is 0 Å². The highest BCUT2D eigenvalue weighted by Crippen LogP contribution is 2.29. The molecule has 1 atom stereocenters. The van der Waals surface area contributed by atoms with Crippen LogP contribution in [0.5, 0.6) is 0 Å². The van der Waals surface area contributed by atoms with Crippen molar-refractivity contribution in [1.82, 2.24) is 0 Å². The second-order valence-electron chi connectivity index (χ2n) is 5.08. The molecule has 1 aromatic carbocycles. The Morgan fingerprint density at radius 1 is 1.16 bits per heavy atom. The van der Waals surface area contributed by atoms with Crippen LogP contribution in [0, 0.1) is 5.92 Å². The average Bonchev–Trinajstić information content (AvgIpc) is 2.35. The van der Waals surface area contributed by atoms with E-state index in [0.29, 0.717) is 17.9 Å². The minimum absolute atomic E-state index is 0.0756. The molecule has 1 aromatic rings. The molecule has 0 radical (unpaired) electrons. The molecule has 0 spiro atoms. The van der Waals surface area contributed by atoms with Gasteiger partial charge >= 0.3 is 6.18 Å². The Hall–Kier alpha value is -1.03. The fraction of sp³-hybridized carbons (Fsp3) is 0.600. The Labute approximate surface area is 113 Å². The van der Waals surface area contributed by atoms with Gasteiger partial charge in [0.15, 0.2) is 0 Å². The molecule has 0 aliphatic rings. The van der Waals surface area contributed by atoms with E-state index in [1.165, 1.54) is 12.1 Å². The predicted molar refractivity (Wildman–Crippen MR) is 71.8 cm³/mol. The maximum Gasteiger partial charge on any atom is 0.416 e. The van der Waals surface area contributed by atoms with Gasteiger partial charge in [0.1, 0.15) is 0 Å². The van der Waals surface area contributed by atoms with Gasteiger partial charge in [0, 0.05) is 6.04 Å². The Bertz CT molecular complexity index is 383. The summed E-state index contributed by atoms with van der Waals surface area (Å²) in [7, 11) is 0. The van der Waals surface area contributed by atoms with Crippen molar-refractivity contribution < 1.29 is 13.2 Å². The highest BCUT2D eigenvalue weighted by Gasteiger charge is 2.30. The van der Waals surface area contributed by atoms with Gasteiger partial charge in [-0.05, 0) is 30.4 Å². The first-order valence-electron chi connectivity index (χ1n) is 6.78. The second kappa shape index (κ2) is 6.94. The Morgan fingerprint density at radius 3 is 2.32 bits per heavy atom. The number of nitrogens with two attached hydrogens (primary N) is 1. The predicted octanol–water partition coefficient (Wildman–Crippen LogP) is 4.40. The maximum absolute atomic E-state index is 12.6. The molecule has 19 heavy (non-hydrogen) atoms. The van der Waals surface area contributed by atoms with Gasteiger partial charge in [0.2, 0.25) is 0 Å². The topological polar surface area (TPSA) is 26.0 Å². The molecule has 0 bridgehead atoms. The van der Waals surface area contributed by atoms with Crippen LogP contribution in [0.3, 0.4) is 0 Å². The third kappa shape index (κ3) is 5.23. The quantitative estimate of drug-likeness (QED) is 0.816. The molecule has 0 heterocycles. The van der Waals surface area contributed by atoms with Crippen molar-refractivity contribution in [3.63, 3.8) is 0 Å². The fourth-order valence-corrected chi connectivity index (χ4v) is 2.31. The number of halogens is 3. The molecule has 1 unspecified atom stereocenters. The lowest BCUT2D eigenvalue weighted by molar-refractivity contribution is -0.137. The van der Waals surface area contributed by atoms with Crippen LogP contribution in [0.15, 0.2) is 24.3 Å². The number of alkyl halides is 3. The smallest absolute Gasteiger partial charge is 0.327 e. The summed E-state index contributed by atoms with van der Waals surface area (Å²) in [5, 5.41) is 0. The van der Waals surface area contributed by atoms with E-state index in [0.717, 1.165) is 25.3 Å². The molecule has 0 fully saturated rings. The molecule has 4 heteroatoms. The van der Waals surface area contributed by atoms with E-state index in [1.54, 1.807) is 6.07 Å². The first kappa shape index (κ1) is 16.0. The van der Waals surface area contributed by atoms with E-state index in [4.69, 9.17) is 5.73 Å². The lowest BCUT2D eigenvalue weighted by atomic mass is 9.92. The van der Waals surface area contributed by atoms with Crippen molar-refractivity contribution in [3.05, 3.63) is 35.4 Å². The lowest BCUT2D eigenvalue weighted by Gasteiger charge is -2.18. The van der Waals surface area contributed by atoms with Crippen LogP contribution < -0.4 is 5.73 Å². The molecule has 0 saturated carbocycles. The summed E-state index contributed by atoms with van der Waals surface area (Å²) in [6.45, 7) is 4.23. The Balaban J connectivity index is 2.67. The van der Waals surface area contributed by atoms with E-state index >= 15 is 0 Å². The van der Waals surface area contributed by atoms with Gasteiger partial charge in [0.05, 0.1) is 5.56 Å². The van der Waals surface area contributed by atoms with Gasteiger partial charge in [-0.3, -0.25) is 0 Å². The largest absolute Gasteiger partial charge is 0.416 e. The lowest BCUT2D eigenvalue weighted by Crippen LogP contribution is -2.26.